The molecular formula is C40H29NS. The Hall–Kier alpha value is -5.18. The minimum absolute atomic E-state index is 1.13. The van der Waals surface area contributed by atoms with Crippen molar-refractivity contribution in [2.45, 2.75) is 0 Å². The zero-order chi connectivity index (χ0) is 28.1. The van der Waals surface area contributed by atoms with E-state index in [-0.39, 0.29) is 0 Å². The van der Waals surface area contributed by atoms with Gasteiger partial charge in [0.25, 0.3) is 0 Å². The third-order valence-electron chi connectivity index (χ3n) is 7.49. The SMILES string of the molecule is C(=Cc1ccc(C=Cc2cc3ccccc3c3ccccc23)s1)c1ccc(N(c2ccccc2)c2ccccc2)cc1. The normalized spacial score (nSPS) is 11.6. The van der Waals surface area contributed by atoms with Crippen molar-refractivity contribution in [3.05, 3.63) is 173 Å². The van der Waals surface area contributed by atoms with Crippen LogP contribution >= 0.6 is 11.3 Å². The standard InChI is InChI=1S/C40H29NS/c1-3-12-33(13-4-1)41(34-14-5-2-6-15-34)35-23-19-30(20-24-35)21-25-36-27-28-37(42-36)26-22-32-29-31-11-7-8-16-38(31)40-18-10-9-17-39(32)40/h1-29H. The first-order chi connectivity index (χ1) is 20.8. The summed E-state index contributed by atoms with van der Waals surface area (Å²) in [5, 5.41) is 5.15. The van der Waals surface area contributed by atoms with Gasteiger partial charge in [-0.3, -0.25) is 0 Å². The maximum absolute atomic E-state index is 2.29. The van der Waals surface area contributed by atoms with Crippen molar-refractivity contribution >= 4 is 74.2 Å². The fourth-order valence-electron chi connectivity index (χ4n) is 5.45. The summed E-state index contributed by atoms with van der Waals surface area (Å²) in [4.78, 5) is 4.75. The van der Waals surface area contributed by atoms with Gasteiger partial charge in [0.15, 0.2) is 0 Å². The van der Waals surface area contributed by atoms with E-state index in [1.165, 1.54) is 42.4 Å². The second-order valence-corrected chi connectivity index (χ2v) is 11.4. The Morgan fingerprint density at radius 3 is 1.60 bits per heavy atom. The molecule has 2 heteroatoms. The zero-order valence-corrected chi connectivity index (χ0v) is 23.9. The summed E-state index contributed by atoms with van der Waals surface area (Å²) >= 11 is 1.80. The highest BCUT2D eigenvalue weighted by Gasteiger charge is 2.11. The Balaban J connectivity index is 1.10. The molecule has 0 bridgehead atoms. The number of hydrogen-bond donors (Lipinski definition) is 0. The van der Waals surface area contributed by atoms with Crippen LogP contribution < -0.4 is 4.90 Å². The van der Waals surface area contributed by atoms with Gasteiger partial charge in [-0.25, -0.2) is 0 Å². The van der Waals surface area contributed by atoms with Crippen LogP contribution in [0.25, 0.3) is 45.8 Å². The molecule has 0 aliphatic heterocycles. The highest BCUT2D eigenvalue weighted by molar-refractivity contribution is 7.13. The number of fused-ring (bicyclic) bond motifs is 3. The molecule has 0 aliphatic rings. The number of thiophene rings is 1. The Morgan fingerprint density at radius 2 is 0.929 bits per heavy atom. The number of para-hydroxylation sites is 2. The Kier molecular flexibility index (Phi) is 7.20. The predicted octanol–water partition coefficient (Wildman–Crippen LogP) is 11.9. The first kappa shape index (κ1) is 25.8. The molecule has 0 saturated carbocycles. The lowest BCUT2D eigenvalue weighted by molar-refractivity contribution is 1.28. The summed E-state index contributed by atoms with van der Waals surface area (Å²) in [6.45, 7) is 0. The summed E-state index contributed by atoms with van der Waals surface area (Å²) < 4.78 is 0. The quantitative estimate of drug-likeness (QED) is 0.177. The minimum atomic E-state index is 1.13. The molecular weight excluding hydrogens is 527 g/mol. The molecule has 7 aromatic rings. The lowest BCUT2D eigenvalue weighted by Gasteiger charge is -2.25. The van der Waals surface area contributed by atoms with E-state index in [0.717, 1.165) is 17.1 Å². The Morgan fingerprint density at radius 1 is 0.405 bits per heavy atom. The highest BCUT2D eigenvalue weighted by atomic mass is 32.1. The van der Waals surface area contributed by atoms with Gasteiger partial charge in [-0.15, -0.1) is 11.3 Å². The molecule has 0 atom stereocenters. The van der Waals surface area contributed by atoms with E-state index < -0.39 is 0 Å². The molecule has 6 aromatic carbocycles. The Labute approximate surface area is 251 Å². The number of nitrogens with zero attached hydrogens (tertiary/aromatic N) is 1. The topological polar surface area (TPSA) is 3.24 Å². The summed E-state index contributed by atoms with van der Waals surface area (Å²) in [6.07, 6.45) is 8.87. The van der Waals surface area contributed by atoms with Gasteiger partial charge < -0.3 is 4.90 Å². The number of benzene rings is 6. The van der Waals surface area contributed by atoms with E-state index >= 15 is 0 Å². The van der Waals surface area contributed by atoms with Gasteiger partial charge in [0.05, 0.1) is 0 Å². The summed E-state index contributed by atoms with van der Waals surface area (Å²) in [5.74, 6) is 0. The van der Waals surface area contributed by atoms with Gasteiger partial charge in [-0.05, 0) is 99.4 Å². The van der Waals surface area contributed by atoms with E-state index in [1.54, 1.807) is 11.3 Å². The van der Waals surface area contributed by atoms with Crippen LogP contribution in [0.5, 0.6) is 0 Å². The van der Waals surface area contributed by atoms with Crippen molar-refractivity contribution < 1.29 is 0 Å². The van der Waals surface area contributed by atoms with Gasteiger partial charge in [0.2, 0.25) is 0 Å². The van der Waals surface area contributed by atoms with E-state index in [1.807, 2.05) is 0 Å². The zero-order valence-electron chi connectivity index (χ0n) is 23.1. The van der Waals surface area contributed by atoms with Crippen molar-refractivity contribution in [3.8, 4) is 0 Å². The van der Waals surface area contributed by atoms with Crippen LogP contribution in [-0.2, 0) is 0 Å². The van der Waals surface area contributed by atoms with E-state index in [4.69, 9.17) is 0 Å². The largest absolute Gasteiger partial charge is 0.311 e. The van der Waals surface area contributed by atoms with Gasteiger partial charge in [-0.2, -0.15) is 0 Å². The second-order valence-electron chi connectivity index (χ2n) is 10.2. The molecule has 7 rings (SSSR count). The molecule has 0 aliphatic carbocycles. The van der Waals surface area contributed by atoms with E-state index in [9.17, 15) is 0 Å². The minimum Gasteiger partial charge on any atom is -0.311 e. The van der Waals surface area contributed by atoms with Crippen LogP contribution in [0.4, 0.5) is 17.1 Å². The molecule has 200 valence electrons. The summed E-state index contributed by atoms with van der Waals surface area (Å²) in [7, 11) is 0. The van der Waals surface area contributed by atoms with Crippen LogP contribution in [-0.4, -0.2) is 0 Å². The van der Waals surface area contributed by atoms with Gasteiger partial charge in [0.1, 0.15) is 0 Å². The first-order valence-corrected chi connectivity index (χ1v) is 15.0. The summed E-state index contributed by atoms with van der Waals surface area (Å²) in [6, 6.07) is 53.8. The third kappa shape index (κ3) is 5.41. The van der Waals surface area contributed by atoms with Gasteiger partial charge in [-0.1, -0.05) is 109 Å². The van der Waals surface area contributed by atoms with Crippen molar-refractivity contribution in [2.75, 3.05) is 4.90 Å². The van der Waals surface area contributed by atoms with Crippen molar-refractivity contribution in [2.24, 2.45) is 0 Å². The highest BCUT2D eigenvalue weighted by Crippen LogP contribution is 2.34. The van der Waals surface area contributed by atoms with Crippen LogP contribution in [0, 0.1) is 0 Å². The summed E-state index contributed by atoms with van der Waals surface area (Å²) in [5.41, 5.74) is 5.84. The van der Waals surface area contributed by atoms with Crippen LogP contribution in [0.3, 0.4) is 0 Å². The fourth-order valence-corrected chi connectivity index (χ4v) is 6.27. The molecule has 0 unspecified atom stereocenters. The molecule has 1 nitrogen and oxygen atoms in total. The number of rotatable bonds is 7. The second kappa shape index (κ2) is 11.7. The lowest BCUT2D eigenvalue weighted by atomic mass is 9.97. The van der Waals surface area contributed by atoms with Crippen molar-refractivity contribution in [3.63, 3.8) is 0 Å². The van der Waals surface area contributed by atoms with Crippen LogP contribution in [0.2, 0.25) is 0 Å². The molecule has 1 heterocycles. The maximum Gasteiger partial charge on any atom is 0.0462 e. The first-order valence-electron chi connectivity index (χ1n) is 14.2. The third-order valence-corrected chi connectivity index (χ3v) is 8.51. The lowest BCUT2D eigenvalue weighted by Crippen LogP contribution is -2.09. The number of hydrogen-bond acceptors (Lipinski definition) is 2. The molecule has 0 radical (unpaired) electrons. The van der Waals surface area contributed by atoms with Gasteiger partial charge in [0, 0.05) is 26.8 Å². The molecule has 0 N–H and O–H groups in total. The molecule has 0 fully saturated rings. The van der Waals surface area contributed by atoms with Crippen LogP contribution in [0.15, 0.2) is 152 Å². The molecule has 42 heavy (non-hydrogen) atoms. The monoisotopic (exact) mass is 555 g/mol. The molecule has 1 aromatic heterocycles. The smallest absolute Gasteiger partial charge is 0.0462 e. The van der Waals surface area contributed by atoms with E-state index in [2.05, 4.69) is 181 Å². The average Bonchev–Trinajstić information content (AvgIpc) is 3.52. The van der Waals surface area contributed by atoms with Crippen molar-refractivity contribution in [1.82, 2.24) is 0 Å². The average molecular weight is 556 g/mol. The van der Waals surface area contributed by atoms with Crippen LogP contribution in [0.1, 0.15) is 20.9 Å². The molecule has 0 spiro atoms. The van der Waals surface area contributed by atoms with E-state index in [0.29, 0.717) is 0 Å². The van der Waals surface area contributed by atoms with Crippen molar-refractivity contribution in [1.29, 1.82) is 0 Å². The Bertz CT molecular complexity index is 1980. The number of anilines is 3. The fraction of sp³-hybridized carbons (Fsp3) is 0. The predicted molar refractivity (Wildman–Crippen MR) is 185 cm³/mol. The molecule has 0 amide bonds. The molecule has 0 saturated heterocycles. The van der Waals surface area contributed by atoms with Gasteiger partial charge >= 0.3 is 0 Å². The maximum atomic E-state index is 2.29.